The van der Waals surface area contributed by atoms with E-state index in [9.17, 15) is 13.7 Å². The number of aryl methyl sites for hydroxylation is 1. The summed E-state index contributed by atoms with van der Waals surface area (Å²) >= 11 is 0. The van der Waals surface area contributed by atoms with E-state index in [2.05, 4.69) is 23.2 Å². The Morgan fingerprint density at radius 3 is 2.43 bits per heavy atom. The molecule has 0 N–H and O–H groups in total. The summed E-state index contributed by atoms with van der Waals surface area (Å²) in [6.45, 7) is 2.46. The lowest BCUT2D eigenvalue weighted by Gasteiger charge is -2.11. The van der Waals surface area contributed by atoms with Crippen LogP contribution >= 0.6 is 0 Å². The van der Waals surface area contributed by atoms with Gasteiger partial charge in [0.15, 0.2) is 0 Å². The van der Waals surface area contributed by atoms with Gasteiger partial charge in [0, 0.05) is 12.7 Å². The van der Waals surface area contributed by atoms with E-state index in [1.165, 1.54) is 0 Å². The summed E-state index contributed by atoms with van der Waals surface area (Å²) in [5.41, 5.74) is 3.39. The summed E-state index contributed by atoms with van der Waals surface area (Å²) in [5.74, 6) is 0.682. The summed E-state index contributed by atoms with van der Waals surface area (Å²) < 4.78 is 25.9. The first kappa shape index (κ1) is 19.8. The average molecular weight is 395 g/mol. The van der Waals surface area contributed by atoms with Crippen molar-refractivity contribution >= 4 is 9.84 Å². The Morgan fingerprint density at radius 1 is 1.07 bits per heavy atom. The minimum absolute atomic E-state index is 0.00231. The number of unbranched alkanes of at least 4 members (excludes halogenated alkanes) is 1. The molecule has 3 rings (SSSR count). The van der Waals surface area contributed by atoms with E-state index in [0.717, 1.165) is 35.8 Å². The van der Waals surface area contributed by atoms with Crippen molar-refractivity contribution in [3.63, 3.8) is 0 Å². The molecule has 0 unspecified atom stereocenters. The maximum absolute atomic E-state index is 12.1. The first-order valence-corrected chi connectivity index (χ1v) is 11.0. The third kappa shape index (κ3) is 4.29. The molecule has 0 saturated heterocycles. The maximum atomic E-state index is 12.1. The fraction of sp³-hybridized carbons (Fsp3) is 0.286. The molecule has 1 heterocycles. The molecule has 0 atom stereocenters. The van der Waals surface area contributed by atoms with Crippen LogP contribution in [0.15, 0.2) is 53.7 Å². The van der Waals surface area contributed by atoms with Crippen molar-refractivity contribution in [1.82, 2.24) is 14.8 Å². The molecule has 0 fully saturated rings. The van der Waals surface area contributed by atoms with E-state index < -0.39 is 9.84 Å². The molecule has 0 amide bonds. The highest BCUT2D eigenvalue weighted by Crippen LogP contribution is 2.24. The van der Waals surface area contributed by atoms with Crippen molar-refractivity contribution in [2.75, 3.05) is 6.26 Å². The molecule has 0 saturated carbocycles. The Bertz CT molecular complexity index is 1110. The lowest BCUT2D eigenvalue weighted by molar-refractivity contribution is 0.571. The molecular weight excluding hydrogens is 372 g/mol. The number of nitriles is 1. The van der Waals surface area contributed by atoms with Crippen molar-refractivity contribution < 1.29 is 8.42 Å². The second kappa shape index (κ2) is 8.36. The van der Waals surface area contributed by atoms with Crippen LogP contribution in [-0.2, 0) is 22.8 Å². The second-order valence-corrected chi connectivity index (χ2v) is 8.62. The van der Waals surface area contributed by atoms with Gasteiger partial charge in [-0.3, -0.25) is 4.57 Å². The highest BCUT2D eigenvalue weighted by molar-refractivity contribution is 7.90. The van der Waals surface area contributed by atoms with Crippen LogP contribution < -0.4 is 0 Å². The van der Waals surface area contributed by atoms with E-state index in [-0.39, 0.29) is 5.16 Å². The van der Waals surface area contributed by atoms with Gasteiger partial charge in [-0.15, -0.1) is 10.2 Å². The van der Waals surface area contributed by atoms with Gasteiger partial charge in [0.1, 0.15) is 5.82 Å². The number of benzene rings is 2. The molecule has 6 nitrogen and oxygen atoms in total. The van der Waals surface area contributed by atoms with Crippen molar-refractivity contribution in [2.45, 2.75) is 37.9 Å². The van der Waals surface area contributed by atoms with Crippen molar-refractivity contribution in [3.05, 3.63) is 65.5 Å². The fourth-order valence-corrected chi connectivity index (χ4v) is 3.84. The zero-order chi connectivity index (χ0) is 20.1. The van der Waals surface area contributed by atoms with Crippen LogP contribution in [0.5, 0.6) is 0 Å². The van der Waals surface area contributed by atoms with Crippen molar-refractivity contribution in [3.8, 4) is 17.2 Å². The monoisotopic (exact) mass is 394 g/mol. The first-order chi connectivity index (χ1) is 13.4. The van der Waals surface area contributed by atoms with Crippen LogP contribution in [0.4, 0.5) is 0 Å². The molecule has 2 aromatic carbocycles. The number of rotatable bonds is 7. The first-order valence-electron chi connectivity index (χ1n) is 9.14. The molecule has 3 aromatic rings. The highest BCUT2D eigenvalue weighted by atomic mass is 32.2. The van der Waals surface area contributed by atoms with E-state index in [4.69, 9.17) is 0 Å². The number of aromatic nitrogens is 3. The van der Waals surface area contributed by atoms with E-state index in [1.807, 2.05) is 42.5 Å². The third-order valence-electron chi connectivity index (χ3n) is 4.53. The van der Waals surface area contributed by atoms with Crippen LogP contribution in [0.2, 0.25) is 0 Å². The van der Waals surface area contributed by atoms with Gasteiger partial charge in [-0.1, -0.05) is 55.8 Å². The van der Waals surface area contributed by atoms with Crippen LogP contribution in [0.25, 0.3) is 11.1 Å². The topological polar surface area (TPSA) is 88.6 Å². The second-order valence-electron chi connectivity index (χ2n) is 6.71. The Hall–Kier alpha value is -2.98. The summed E-state index contributed by atoms with van der Waals surface area (Å²) in [6.07, 6.45) is 3.76. The summed E-state index contributed by atoms with van der Waals surface area (Å²) in [7, 11) is -3.46. The number of hydrogen-bond acceptors (Lipinski definition) is 5. The van der Waals surface area contributed by atoms with E-state index in [1.54, 1.807) is 10.6 Å². The summed E-state index contributed by atoms with van der Waals surface area (Å²) in [5, 5.41) is 17.3. The van der Waals surface area contributed by atoms with Gasteiger partial charge in [0.2, 0.25) is 15.0 Å². The summed E-state index contributed by atoms with van der Waals surface area (Å²) in [6, 6.07) is 17.4. The number of hydrogen-bond donors (Lipinski definition) is 0. The van der Waals surface area contributed by atoms with Gasteiger partial charge in [0.05, 0.1) is 18.2 Å². The Balaban J connectivity index is 1.92. The van der Waals surface area contributed by atoms with Gasteiger partial charge in [0.25, 0.3) is 0 Å². The Kier molecular flexibility index (Phi) is 5.90. The predicted octanol–water partition coefficient (Wildman–Crippen LogP) is 3.61. The average Bonchev–Trinajstić information content (AvgIpc) is 3.09. The standard InChI is InChI=1S/C21H22N4O2S/c1-3-4-9-20-23-24-21(28(2,26)27)25(20)15-16-10-12-17(13-11-16)19-8-6-5-7-18(19)14-22/h5-8,10-13H,3-4,9,15H2,1-2H3. The van der Waals surface area contributed by atoms with E-state index >= 15 is 0 Å². The van der Waals surface area contributed by atoms with Crippen molar-refractivity contribution in [1.29, 1.82) is 5.26 Å². The fourth-order valence-electron chi connectivity index (χ4n) is 3.08. The SMILES string of the molecule is CCCCc1nnc(S(C)(=O)=O)n1Cc1ccc(-c2ccccc2C#N)cc1. The molecule has 0 aliphatic carbocycles. The zero-order valence-electron chi connectivity index (χ0n) is 16.0. The van der Waals surface area contributed by atoms with Gasteiger partial charge in [-0.2, -0.15) is 5.26 Å². The zero-order valence-corrected chi connectivity index (χ0v) is 16.8. The van der Waals surface area contributed by atoms with Crippen LogP contribution in [0, 0.1) is 11.3 Å². The largest absolute Gasteiger partial charge is 0.297 e. The van der Waals surface area contributed by atoms with E-state index in [0.29, 0.717) is 24.4 Å². The third-order valence-corrected chi connectivity index (χ3v) is 5.50. The van der Waals surface area contributed by atoms with Crippen LogP contribution in [0.3, 0.4) is 0 Å². The normalized spacial score (nSPS) is 11.3. The van der Waals surface area contributed by atoms with Gasteiger partial charge < -0.3 is 0 Å². The van der Waals surface area contributed by atoms with Gasteiger partial charge in [-0.05, 0) is 29.2 Å². The maximum Gasteiger partial charge on any atom is 0.249 e. The molecule has 28 heavy (non-hydrogen) atoms. The highest BCUT2D eigenvalue weighted by Gasteiger charge is 2.20. The Labute approximate surface area is 165 Å². The molecule has 1 aromatic heterocycles. The van der Waals surface area contributed by atoms with Crippen LogP contribution in [-0.4, -0.2) is 29.4 Å². The van der Waals surface area contributed by atoms with Crippen LogP contribution in [0.1, 0.15) is 36.7 Å². The van der Waals surface area contributed by atoms with Crippen molar-refractivity contribution in [2.24, 2.45) is 0 Å². The van der Waals surface area contributed by atoms with Gasteiger partial charge in [-0.25, -0.2) is 8.42 Å². The molecule has 0 spiro atoms. The quantitative estimate of drug-likeness (QED) is 0.611. The molecule has 7 heteroatoms. The lowest BCUT2D eigenvalue weighted by Crippen LogP contribution is -2.13. The summed E-state index contributed by atoms with van der Waals surface area (Å²) in [4.78, 5) is 0. The lowest BCUT2D eigenvalue weighted by atomic mass is 9.99. The smallest absolute Gasteiger partial charge is 0.249 e. The molecule has 144 valence electrons. The molecule has 0 aliphatic heterocycles. The predicted molar refractivity (Wildman–Crippen MR) is 107 cm³/mol. The number of sulfone groups is 1. The minimum Gasteiger partial charge on any atom is -0.297 e. The Morgan fingerprint density at radius 2 is 1.79 bits per heavy atom. The molecule has 0 bridgehead atoms. The molecule has 0 radical (unpaired) electrons. The minimum atomic E-state index is -3.46. The van der Waals surface area contributed by atoms with Gasteiger partial charge >= 0.3 is 0 Å². The molecule has 0 aliphatic rings. The number of nitrogens with zero attached hydrogens (tertiary/aromatic N) is 4. The molecular formula is C21H22N4O2S.